The number of carbonyl (C=O) groups excluding carboxylic acids is 2. The monoisotopic (exact) mass is 323 g/mol. The number of hydrogen-bond donors (Lipinski definition) is 1. The second-order valence-corrected chi connectivity index (χ2v) is 6.00. The largest absolute Gasteiger partial charge is 0.469 e. The van der Waals surface area contributed by atoms with E-state index in [1.807, 2.05) is 20.8 Å². The highest BCUT2D eigenvalue weighted by atomic mass is 16.5. The molecule has 0 aliphatic heterocycles. The number of rotatable bonds is 8. The van der Waals surface area contributed by atoms with E-state index in [0.29, 0.717) is 19.9 Å². The Morgan fingerprint density at radius 3 is 2.61 bits per heavy atom. The first-order valence-electron chi connectivity index (χ1n) is 7.89. The minimum Gasteiger partial charge on any atom is -0.469 e. The van der Waals surface area contributed by atoms with Gasteiger partial charge in [0.2, 0.25) is 5.91 Å². The summed E-state index contributed by atoms with van der Waals surface area (Å²) >= 11 is 0. The summed E-state index contributed by atoms with van der Waals surface area (Å²) in [6.07, 6.45) is 1.79. The molecule has 0 unspecified atom stereocenters. The molecule has 1 heterocycles. The normalized spacial score (nSPS) is 15.3. The highest BCUT2D eigenvalue weighted by Gasteiger charge is 2.51. The number of nitrogens with one attached hydrogen (secondary N) is 1. The van der Waals surface area contributed by atoms with Crippen LogP contribution in [0, 0.1) is 19.3 Å². The van der Waals surface area contributed by atoms with E-state index in [9.17, 15) is 9.59 Å². The van der Waals surface area contributed by atoms with Crippen LogP contribution in [0.3, 0.4) is 0 Å². The molecule has 0 aromatic carbocycles. The number of esters is 1. The van der Waals surface area contributed by atoms with Crippen LogP contribution in [-0.2, 0) is 32.2 Å². The van der Waals surface area contributed by atoms with Gasteiger partial charge in [0.1, 0.15) is 6.73 Å². The molecular formula is C16H25N3O4. The van der Waals surface area contributed by atoms with Crippen molar-refractivity contribution in [3.8, 4) is 0 Å². The Kier molecular flexibility index (Phi) is 5.41. The summed E-state index contributed by atoms with van der Waals surface area (Å²) in [5, 5.41) is 7.25. The van der Waals surface area contributed by atoms with Crippen molar-refractivity contribution in [2.45, 2.75) is 46.8 Å². The minimum absolute atomic E-state index is 0.109. The molecule has 0 saturated heterocycles. The van der Waals surface area contributed by atoms with Crippen LogP contribution < -0.4 is 5.32 Å². The molecule has 0 radical (unpaired) electrons. The van der Waals surface area contributed by atoms with Crippen molar-refractivity contribution in [1.29, 1.82) is 0 Å². The van der Waals surface area contributed by atoms with Crippen LogP contribution in [0.25, 0.3) is 0 Å². The van der Waals surface area contributed by atoms with Crippen molar-refractivity contribution < 1.29 is 19.1 Å². The fourth-order valence-corrected chi connectivity index (χ4v) is 2.60. The average molecular weight is 323 g/mol. The third-order valence-electron chi connectivity index (χ3n) is 4.38. The maximum Gasteiger partial charge on any atom is 0.313 e. The second kappa shape index (κ2) is 7.12. The predicted octanol–water partition coefficient (Wildman–Crippen LogP) is 1.11. The van der Waals surface area contributed by atoms with Gasteiger partial charge in [0.05, 0.1) is 24.6 Å². The summed E-state index contributed by atoms with van der Waals surface area (Å²) in [4.78, 5) is 23.9. The zero-order valence-electron chi connectivity index (χ0n) is 14.3. The summed E-state index contributed by atoms with van der Waals surface area (Å²) in [5.74, 6) is -0.350. The lowest BCUT2D eigenvalue weighted by Gasteiger charge is -2.13. The van der Waals surface area contributed by atoms with Gasteiger partial charge in [-0.25, -0.2) is 4.68 Å². The van der Waals surface area contributed by atoms with Gasteiger partial charge in [-0.1, -0.05) is 0 Å². The van der Waals surface area contributed by atoms with E-state index in [4.69, 9.17) is 9.47 Å². The lowest BCUT2D eigenvalue weighted by Crippen LogP contribution is -2.35. The Morgan fingerprint density at radius 2 is 2.04 bits per heavy atom. The molecule has 1 aliphatic rings. The maximum atomic E-state index is 12.2. The highest BCUT2D eigenvalue weighted by molar-refractivity contribution is 5.83. The molecule has 1 aliphatic carbocycles. The Hall–Kier alpha value is -1.89. The van der Waals surface area contributed by atoms with Gasteiger partial charge < -0.3 is 14.8 Å². The van der Waals surface area contributed by atoms with Crippen molar-refractivity contribution in [2.24, 2.45) is 5.41 Å². The number of aromatic nitrogens is 2. The smallest absolute Gasteiger partial charge is 0.313 e. The minimum atomic E-state index is -0.506. The van der Waals surface area contributed by atoms with Gasteiger partial charge in [-0.3, -0.25) is 9.59 Å². The van der Waals surface area contributed by atoms with Gasteiger partial charge in [-0.15, -0.1) is 0 Å². The molecule has 1 aromatic heterocycles. The zero-order valence-corrected chi connectivity index (χ0v) is 14.3. The first-order chi connectivity index (χ1) is 10.9. The Morgan fingerprint density at radius 1 is 1.35 bits per heavy atom. The maximum absolute atomic E-state index is 12.2. The zero-order chi connectivity index (χ0) is 17.0. The molecule has 1 saturated carbocycles. The van der Waals surface area contributed by atoms with E-state index in [0.717, 1.165) is 29.8 Å². The molecule has 2 rings (SSSR count). The van der Waals surface area contributed by atoms with Crippen LogP contribution in [0.5, 0.6) is 0 Å². The summed E-state index contributed by atoms with van der Waals surface area (Å²) in [6.45, 7) is 7.08. The third-order valence-corrected chi connectivity index (χ3v) is 4.38. The molecule has 1 amide bonds. The van der Waals surface area contributed by atoms with Crippen molar-refractivity contribution in [1.82, 2.24) is 15.1 Å². The van der Waals surface area contributed by atoms with E-state index in [2.05, 4.69) is 10.4 Å². The van der Waals surface area contributed by atoms with Gasteiger partial charge in [0.25, 0.3) is 0 Å². The molecule has 0 bridgehead atoms. The van der Waals surface area contributed by atoms with Crippen molar-refractivity contribution >= 4 is 11.9 Å². The molecule has 7 heteroatoms. The van der Waals surface area contributed by atoms with Crippen LogP contribution in [0.4, 0.5) is 0 Å². The number of carbonyl (C=O) groups is 2. The number of hydrogen-bond acceptors (Lipinski definition) is 5. The van der Waals surface area contributed by atoms with Crippen LogP contribution in [0.2, 0.25) is 0 Å². The van der Waals surface area contributed by atoms with Crippen LogP contribution in [0.1, 0.15) is 36.7 Å². The third kappa shape index (κ3) is 3.90. The topological polar surface area (TPSA) is 82.5 Å². The summed E-state index contributed by atoms with van der Waals surface area (Å²) in [6, 6.07) is 0. The molecular weight excluding hydrogens is 298 g/mol. The van der Waals surface area contributed by atoms with E-state index in [-0.39, 0.29) is 18.3 Å². The fraction of sp³-hybridized carbons (Fsp3) is 0.688. The van der Waals surface area contributed by atoms with Gasteiger partial charge in [0.15, 0.2) is 0 Å². The van der Waals surface area contributed by atoms with Gasteiger partial charge in [0, 0.05) is 24.4 Å². The first kappa shape index (κ1) is 17.5. The van der Waals surface area contributed by atoms with Crippen LogP contribution in [-0.4, -0.2) is 41.9 Å². The molecule has 1 fully saturated rings. The Balaban J connectivity index is 1.93. The summed E-state index contributed by atoms with van der Waals surface area (Å²) < 4.78 is 11.9. The molecule has 7 nitrogen and oxygen atoms in total. The number of methoxy groups -OCH3 is 1. The summed E-state index contributed by atoms with van der Waals surface area (Å²) in [5.41, 5.74) is 2.16. The number of ether oxygens (including phenoxy) is 2. The van der Waals surface area contributed by atoms with E-state index in [1.165, 1.54) is 7.11 Å². The SMILES string of the molecule is CCOCn1nc(C)c(CC(=O)NCC2(C(=O)OC)CC2)c1C. The molecule has 0 spiro atoms. The van der Waals surface area contributed by atoms with Gasteiger partial charge in [-0.2, -0.15) is 5.10 Å². The van der Waals surface area contributed by atoms with Crippen molar-refractivity contribution in [2.75, 3.05) is 20.3 Å². The molecule has 1 aromatic rings. The van der Waals surface area contributed by atoms with Crippen molar-refractivity contribution in [3.63, 3.8) is 0 Å². The van der Waals surface area contributed by atoms with Crippen LogP contribution >= 0.6 is 0 Å². The van der Waals surface area contributed by atoms with E-state index >= 15 is 0 Å². The average Bonchev–Trinajstić information content (AvgIpc) is 3.29. The Labute approximate surface area is 136 Å². The number of amides is 1. The van der Waals surface area contributed by atoms with E-state index in [1.54, 1.807) is 4.68 Å². The quantitative estimate of drug-likeness (QED) is 0.725. The lowest BCUT2D eigenvalue weighted by atomic mass is 10.1. The summed E-state index contributed by atoms with van der Waals surface area (Å²) in [7, 11) is 1.38. The molecule has 23 heavy (non-hydrogen) atoms. The highest BCUT2D eigenvalue weighted by Crippen LogP contribution is 2.46. The number of aryl methyl sites for hydroxylation is 1. The predicted molar refractivity (Wildman–Crippen MR) is 83.7 cm³/mol. The Bertz CT molecular complexity index is 590. The first-order valence-corrected chi connectivity index (χ1v) is 7.89. The van der Waals surface area contributed by atoms with Crippen LogP contribution in [0.15, 0.2) is 0 Å². The lowest BCUT2D eigenvalue weighted by molar-refractivity contribution is -0.147. The molecule has 128 valence electrons. The second-order valence-electron chi connectivity index (χ2n) is 6.00. The van der Waals surface area contributed by atoms with E-state index < -0.39 is 5.41 Å². The van der Waals surface area contributed by atoms with Gasteiger partial charge >= 0.3 is 5.97 Å². The standard InChI is InChI=1S/C16H25N3O4/c1-5-23-10-19-12(3)13(11(2)18-19)8-14(20)17-9-16(6-7-16)15(21)22-4/h5-10H2,1-4H3,(H,17,20). The van der Waals surface area contributed by atoms with Crippen molar-refractivity contribution in [3.05, 3.63) is 17.0 Å². The van der Waals surface area contributed by atoms with Gasteiger partial charge in [-0.05, 0) is 33.6 Å². The molecule has 0 atom stereocenters. The molecule has 1 N–H and O–H groups in total. The number of nitrogens with zero attached hydrogens (tertiary/aromatic N) is 2. The fourth-order valence-electron chi connectivity index (χ4n) is 2.60.